The maximum atomic E-state index is 14.4. The van der Waals surface area contributed by atoms with E-state index in [1.54, 1.807) is 43.9 Å². The molecule has 4 rings (SSSR count). The second kappa shape index (κ2) is 16.6. The summed E-state index contributed by atoms with van der Waals surface area (Å²) < 4.78 is 46.1. The normalized spacial score (nSPS) is 20.5. The molecule has 13 heteroatoms. The number of nitrogens with one attached hydrogen (secondary N) is 1. The summed E-state index contributed by atoms with van der Waals surface area (Å²) in [6, 6.07) is 13.8. The quantitative estimate of drug-likeness (QED) is 0.330. The number of hydrogen-bond donors (Lipinski definition) is 2. The summed E-state index contributed by atoms with van der Waals surface area (Å²) in [7, 11) is -2.45. The van der Waals surface area contributed by atoms with Crippen molar-refractivity contribution in [1.82, 2.24) is 14.4 Å². The molecule has 3 aromatic rings. The van der Waals surface area contributed by atoms with Crippen molar-refractivity contribution in [1.29, 1.82) is 0 Å². The van der Waals surface area contributed by atoms with Gasteiger partial charge in [0.25, 0.3) is 5.91 Å². The molecule has 2 aromatic carbocycles. The third-order valence-corrected chi connectivity index (χ3v) is 10.7. The first-order valence-electron chi connectivity index (χ1n) is 16.4. The number of carbonyl (C=O) groups excluding carboxylic acids is 2. The molecule has 48 heavy (non-hydrogen) atoms. The minimum atomic E-state index is -3.94. The highest BCUT2D eigenvalue weighted by Gasteiger charge is 2.34. The van der Waals surface area contributed by atoms with E-state index in [0.717, 1.165) is 18.4 Å². The number of amides is 2. The van der Waals surface area contributed by atoms with Gasteiger partial charge in [-0.3, -0.25) is 9.59 Å². The lowest BCUT2D eigenvalue weighted by atomic mass is 10.0. The summed E-state index contributed by atoms with van der Waals surface area (Å²) in [4.78, 5) is 28.8. The molecule has 0 aliphatic carbocycles. The minimum Gasteiger partial charge on any atom is -0.490 e. The predicted octanol–water partition coefficient (Wildman–Crippen LogP) is 4.59. The first-order valence-corrected chi connectivity index (χ1v) is 17.8. The summed E-state index contributed by atoms with van der Waals surface area (Å²) >= 11 is 0. The van der Waals surface area contributed by atoms with Gasteiger partial charge in [0, 0.05) is 38.3 Å². The molecule has 0 radical (unpaired) electrons. The van der Waals surface area contributed by atoms with Crippen LogP contribution in [0.5, 0.6) is 5.75 Å². The van der Waals surface area contributed by atoms with Gasteiger partial charge in [-0.25, -0.2) is 8.42 Å². The van der Waals surface area contributed by atoms with Gasteiger partial charge in [-0.2, -0.15) is 4.31 Å². The average molecular weight is 685 g/mol. The van der Waals surface area contributed by atoms with Crippen LogP contribution in [0.1, 0.15) is 67.4 Å². The fourth-order valence-corrected chi connectivity index (χ4v) is 7.27. The number of likely N-dealkylation sites (N-methyl/N-ethyl adjacent to an activating group) is 1. The largest absolute Gasteiger partial charge is 0.490 e. The van der Waals surface area contributed by atoms with E-state index in [-0.39, 0.29) is 66.0 Å². The number of anilines is 1. The molecule has 4 atom stereocenters. The fraction of sp³-hybridized carbons (Fsp3) is 0.514. The van der Waals surface area contributed by atoms with Gasteiger partial charge in [-0.1, -0.05) is 42.4 Å². The lowest BCUT2D eigenvalue weighted by molar-refractivity contribution is -0.115. The van der Waals surface area contributed by atoms with Crippen molar-refractivity contribution in [3.8, 4) is 5.75 Å². The van der Waals surface area contributed by atoms with Crippen LogP contribution in [0.4, 0.5) is 5.69 Å². The predicted molar refractivity (Wildman–Crippen MR) is 181 cm³/mol. The first kappa shape index (κ1) is 37.0. The summed E-state index contributed by atoms with van der Waals surface area (Å²) in [5.41, 5.74) is 1.83. The molecule has 0 saturated carbocycles. The number of ether oxygens (including phenoxy) is 2. The zero-order chi connectivity index (χ0) is 35.0. The van der Waals surface area contributed by atoms with Crippen LogP contribution in [0.25, 0.3) is 0 Å². The Labute approximate surface area is 283 Å². The molecule has 12 nitrogen and oxygen atoms in total. The Hall–Kier alpha value is -3.78. The van der Waals surface area contributed by atoms with E-state index in [4.69, 9.17) is 14.0 Å². The molecule has 0 unspecified atom stereocenters. The molecule has 1 aliphatic heterocycles. The van der Waals surface area contributed by atoms with Crippen LogP contribution in [0.2, 0.25) is 0 Å². The van der Waals surface area contributed by atoms with Crippen LogP contribution < -0.4 is 10.1 Å². The van der Waals surface area contributed by atoms with Crippen molar-refractivity contribution < 1.29 is 37.1 Å². The van der Waals surface area contributed by atoms with Crippen molar-refractivity contribution in [3.05, 3.63) is 71.1 Å². The zero-order valence-electron chi connectivity index (χ0n) is 28.6. The second-order valence-corrected chi connectivity index (χ2v) is 14.6. The van der Waals surface area contributed by atoms with E-state index in [1.807, 2.05) is 44.2 Å². The fourth-order valence-electron chi connectivity index (χ4n) is 5.80. The molecule has 262 valence electrons. The van der Waals surface area contributed by atoms with Gasteiger partial charge in [0.2, 0.25) is 15.9 Å². The molecule has 2 amide bonds. The van der Waals surface area contributed by atoms with Crippen LogP contribution >= 0.6 is 0 Å². The van der Waals surface area contributed by atoms with Crippen LogP contribution in [-0.2, 0) is 26.0 Å². The van der Waals surface area contributed by atoms with Gasteiger partial charge in [0.15, 0.2) is 5.76 Å². The zero-order valence-corrected chi connectivity index (χ0v) is 29.5. The summed E-state index contributed by atoms with van der Waals surface area (Å²) in [5, 5.41) is 16.9. The molecule has 0 spiro atoms. The van der Waals surface area contributed by atoms with Crippen LogP contribution in [0, 0.1) is 19.8 Å². The number of carbonyl (C=O) groups is 2. The topological polar surface area (TPSA) is 152 Å². The van der Waals surface area contributed by atoms with E-state index in [1.165, 1.54) is 11.4 Å². The number of aromatic nitrogens is 1. The lowest BCUT2D eigenvalue weighted by Gasteiger charge is -2.35. The maximum absolute atomic E-state index is 14.4. The van der Waals surface area contributed by atoms with Crippen molar-refractivity contribution >= 4 is 27.5 Å². The number of sulfonamides is 1. The molecule has 1 aromatic heterocycles. The molecule has 0 saturated heterocycles. The molecular formula is C35H48N4O8S. The van der Waals surface area contributed by atoms with Gasteiger partial charge in [0.1, 0.15) is 16.3 Å². The van der Waals surface area contributed by atoms with E-state index < -0.39 is 28.1 Å². The van der Waals surface area contributed by atoms with E-state index in [0.29, 0.717) is 24.5 Å². The molecule has 0 bridgehead atoms. The molecule has 2 heterocycles. The van der Waals surface area contributed by atoms with E-state index >= 15 is 0 Å². The number of fused-ring (bicyclic) bond motifs is 1. The molecular weight excluding hydrogens is 636 g/mol. The highest BCUT2D eigenvalue weighted by molar-refractivity contribution is 7.89. The highest BCUT2D eigenvalue weighted by atomic mass is 32.2. The van der Waals surface area contributed by atoms with Crippen LogP contribution in [0.15, 0.2) is 57.9 Å². The van der Waals surface area contributed by atoms with Gasteiger partial charge in [-0.15, -0.1) is 0 Å². The third-order valence-electron chi connectivity index (χ3n) is 8.62. The maximum Gasteiger partial charge on any atom is 0.258 e. The number of aryl methyl sites for hydroxylation is 2. The van der Waals surface area contributed by atoms with Crippen molar-refractivity contribution in [2.45, 2.75) is 83.4 Å². The van der Waals surface area contributed by atoms with Gasteiger partial charge in [0.05, 0.1) is 36.8 Å². The van der Waals surface area contributed by atoms with E-state index in [9.17, 15) is 23.1 Å². The second-order valence-electron chi connectivity index (χ2n) is 12.7. The SMILES string of the molecule is Cc1noc(C)c1S(=O)(=O)N(C)C[C@H]1OCCCC[C@H](C)Oc2ccc(NC(=O)Cc3ccccc3)cc2C(=O)N([C@H](C)CO)C[C@H]1C. The third kappa shape index (κ3) is 9.22. The Morgan fingerprint density at radius 1 is 1.15 bits per heavy atom. The number of aliphatic hydroxyl groups is 1. The Bertz CT molecular complexity index is 1630. The Balaban J connectivity index is 1.64. The number of hydrogen-bond acceptors (Lipinski definition) is 9. The summed E-state index contributed by atoms with van der Waals surface area (Å²) in [6.45, 7) is 9.00. The number of nitrogens with zero attached hydrogens (tertiary/aromatic N) is 3. The Kier molecular flexibility index (Phi) is 12.8. The molecule has 2 N–H and O–H groups in total. The number of aliphatic hydroxyl groups excluding tert-OH is 1. The average Bonchev–Trinajstić information content (AvgIpc) is 3.40. The lowest BCUT2D eigenvalue weighted by Crippen LogP contribution is -2.48. The van der Waals surface area contributed by atoms with Crippen LogP contribution in [0.3, 0.4) is 0 Å². The van der Waals surface area contributed by atoms with Crippen molar-refractivity contribution in [2.24, 2.45) is 5.92 Å². The van der Waals surface area contributed by atoms with Crippen LogP contribution in [-0.4, -0.2) is 91.3 Å². The number of benzene rings is 2. The van der Waals surface area contributed by atoms with Crippen molar-refractivity contribution in [3.63, 3.8) is 0 Å². The smallest absolute Gasteiger partial charge is 0.258 e. The molecule has 1 aliphatic rings. The summed E-state index contributed by atoms with van der Waals surface area (Å²) in [5.74, 6) is -0.374. The number of rotatable bonds is 9. The highest BCUT2D eigenvalue weighted by Crippen LogP contribution is 2.29. The Morgan fingerprint density at radius 2 is 1.88 bits per heavy atom. The first-order chi connectivity index (χ1) is 22.8. The summed E-state index contributed by atoms with van der Waals surface area (Å²) in [6.07, 6.45) is 1.59. The monoisotopic (exact) mass is 684 g/mol. The minimum absolute atomic E-state index is 0.0246. The van der Waals surface area contributed by atoms with Crippen molar-refractivity contribution in [2.75, 3.05) is 38.7 Å². The van der Waals surface area contributed by atoms with Gasteiger partial charge < -0.3 is 29.3 Å². The molecule has 0 fully saturated rings. The van der Waals surface area contributed by atoms with E-state index in [2.05, 4.69) is 10.5 Å². The van der Waals surface area contributed by atoms with Gasteiger partial charge >= 0.3 is 0 Å². The standard InChI is InChI=1S/C35H48N4O8S/c1-23-20-39(24(2)22-40)35(42)30-19-29(36-33(41)18-28-13-8-7-9-14-28)15-16-31(30)46-25(3)12-10-11-17-45-32(23)21-38(6)48(43,44)34-26(4)37-47-27(34)5/h7-9,13-16,19,23-25,32,40H,10-12,17-18,20-22H2,1-6H3,(H,36,41)/t23-,24-,25+,32-/m1/s1. The Morgan fingerprint density at radius 3 is 2.54 bits per heavy atom. The van der Waals surface area contributed by atoms with Gasteiger partial charge in [-0.05, 0) is 70.7 Å².